The highest BCUT2D eigenvalue weighted by Gasteiger charge is 2.14. The van der Waals surface area contributed by atoms with Gasteiger partial charge in [0.15, 0.2) is 0 Å². The number of nitrogens with zero attached hydrogens (tertiary/aromatic N) is 1. The van der Waals surface area contributed by atoms with Gasteiger partial charge in [-0.25, -0.2) is 4.79 Å². The molecule has 0 radical (unpaired) electrons. The topological polar surface area (TPSA) is 66.8 Å². The molecule has 0 bridgehead atoms. The molecule has 5 heteroatoms. The van der Waals surface area contributed by atoms with Crippen molar-refractivity contribution in [1.29, 1.82) is 0 Å². The summed E-state index contributed by atoms with van der Waals surface area (Å²) in [6, 6.07) is 4.98. The highest BCUT2D eigenvalue weighted by Crippen LogP contribution is 2.22. The second kappa shape index (κ2) is 7.33. The molecule has 1 N–H and O–H groups in total. The van der Waals surface area contributed by atoms with E-state index in [2.05, 4.69) is 0 Å². The fourth-order valence-electron chi connectivity index (χ4n) is 1.85. The predicted molar refractivity (Wildman–Crippen MR) is 76.9 cm³/mol. The number of aliphatic carboxylic acids is 1. The van der Waals surface area contributed by atoms with Crippen LogP contribution in [0.4, 0.5) is 0 Å². The lowest BCUT2D eigenvalue weighted by molar-refractivity contribution is -0.131. The molecule has 1 amide bonds. The van der Waals surface area contributed by atoms with E-state index >= 15 is 0 Å². The Labute approximate surface area is 118 Å². The summed E-state index contributed by atoms with van der Waals surface area (Å²) in [6.45, 7) is 5.08. The van der Waals surface area contributed by atoms with Crippen LogP contribution in [-0.4, -0.2) is 42.1 Å². The third-order valence-corrected chi connectivity index (χ3v) is 2.93. The number of ether oxygens (including phenoxy) is 1. The summed E-state index contributed by atoms with van der Waals surface area (Å²) in [5.41, 5.74) is 1.08. The summed E-state index contributed by atoms with van der Waals surface area (Å²) >= 11 is 0. The summed E-state index contributed by atoms with van der Waals surface area (Å²) in [6.07, 6.45) is 2.43. The number of amides is 1. The maximum absolute atomic E-state index is 12.2. The Morgan fingerprint density at radius 1 is 1.30 bits per heavy atom. The van der Waals surface area contributed by atoms with Crippen LogP contribution in [0, 0.1) is 0 Å². The Morgan fingerprint density at radius 2 is 1.95 bits per heavy atom. The first-order chi connectivity index (χ1) is 9.53. The van der Waals surface area contributed by atoms with E-state index in [9.17, 15) is 9.59 Å². The van der Waals surface area contributed by atoms with Gasteiger partial charge >= 0.3 is 5.97 Å². The molecule has 0 fully saturated rings. The number of carboxylic acid groups (broad SMARTS) is 1. The van der Waals surface area contributed by atoms with Crippen LogP contribution < -0.4 is 4.74 Å². The van der Waals surface area contributed by atoms with Crippen LogP contribution in [-0.2, 0) is 4.79 Å². The Bertz CT molecular complexity index is 519. The van der Waals surface area contributed by atoms with Crippen molar-refractivity contribution in [2.24, 2.45) is 0 Å². The SMILES string of the molecule is CCN(CC)C(=O)c1ccc(OC)c(C=CC(=O)O)c1. The quantitative estimate of drug-likeness (QED) is 0.810. The number of methoxy groups -OCH3 is 1. The second-order valence-electron chi connectivity index (χ2n) is 4.11. The van der Waals surface area contributed by atoms with Crippen molar-refractivity contribution in [1.82, 2.24) is 4.90 Å². The number of rotatable bonds is 6. The zero-order valence-corrected chi connectivity index (χ0v) is 11.9. The zero-order chi connectivity index (χ0) is 15.1. The Morgan fingerprint density at radius 3 is 2.45 bits per heavy atom. The van der Waals surface area contributed by atoms with Gasteiger partial charge in [0.25, 0.3) is 5.91 Å². The molecule has 0 aliphatic carbocycles. The number of hydrogen-bond donors (Lipinski definition) is 1. The van der Waals surface area contributed by atoms with Crippen molar-refractivity contribution in [3.8, 4) is 5.75 Å². The molecule has 0 unspecified atom stereocenters. The van der Waals surface area contributed by atoms with Gasteiger partial charge in [0.2, 0.25) is 0 Å². The van der Waals surface area contributed by atoms with E-state index in [4.69, 9.17) is 9.84 Å². The maximum atomic E-state index is 12.2. The number of carbonyl (C=O) groups excluding carboxylic acids is 1. The number of benzene rings is 1. The molecular weight excluding hydrogens is 258 g/mol. The van der Waals surface area contributed by atoms with Gasteiger partial charge in [0, 0.05) is 30.3 Å². The third kappa shape index (κ3) is 3.85. The van der Waals surface area contributed by atoms with Crippen molar-refractivity contribution in [2.45, 2.75) is 13.8 Å². The van der Waals surface area contributed by atoms with E-state index < -0.39 is 5.97 Å². The van der Waals surface area contributed by atoms with E-state index in [-0.39, 0.29) is 5.91 Å². The third-order valence-electron chi connectivity index (χ3n) is 2.93. The highest BCUT2D eigenvalue weighted by atomic mass is 16.5. The Balaban J connectivity index is 3.15. The summed E-state index contributed by atoms with van der Waals surface area (Å²) < 4.78 is 5.16. The Kier molecular flexibility index (Phi) is 5.77. The van der Waals surface area contributed by atoms with Crippen molar-refractivity contribution in [3.63, 3.8) is 0 Å². The molecule has 0 atom stereocenters. The molecule has 1 aromatic rings. The Hall–Kier alpha value is -2.30. The largest absolute Gasteiger partial charge is 0.496 e. The summed E-state index contributed by atoms with van der Waals surface area (Å²) in [4.78, 5) is 24.5. The zero-order valence-electron chi connectivity index (χ0n) is 11.9. The van der Waals surface area contributed by atoms with Gasteiger partial charge in [0.05, 0.1) is 7.11 Å². The molecule has 0 aromatic heterocycles. The van der Waals surface area contributed by atoms with Crippen LogP contribution in [0.5, 0.6) is 5.75 Å². The molecule has 5 nitrogen and oxygen atoms in total. The van der Waals surface area contributed by atoms with Gasteiger partial charge in [-0.2, -0.15) is 0 Å². The average molecular weight is 277 g/mol. The van der Waals surface area contributed by atoms with Crippen LogP contribution >= 0.6 is 0 Å². The fraction of sp³-hybridized carbons (Fsp3) is 0.333. The lowest BCUT2D eigenvalue weighted by Gasteiger charge is -2.19. The molecule has 0 saturated heterocycles. The molecule has 0 spiro atoms. The molecule has 1 rings (SSSR count). The molecule has 1 aromatic carbocycles. The predicted octanol–water partition coefficient (Wildman–Crippen LogP) is 2.28. The lowest BCUT2D eigenvalue weighted by Crippen LogP contribution is -2.30. The van der Waals surface area contributed by atoms with Crippen LogP contribution in [0.2, 0.25) is 0 Å². The minimum absolute atomic E-state index is 0.0809. The summed E-state index contributed by atoms with van der Waals surface area (Å²) in [5, 5.41) is 8.68. The first-order valence-corrected chi connectivity index (χ1v) is 6.41. The van der Waals surface area contributed by atoms with Gasteiger partial charge in [-0.1, -0.05) is 0 Å². The number of carboxylic acids is 1. The van der Waals surface area contributed by atoms with E-state index in [1.54, 1.807) is 23.1 Å². The summed E-state index contributed by atoms with van der Waals surface area (Å²) in [7, 11) is 1.50. The first kappa shape index (κ1) is 15.8. The van der Waals surface area contributed by atoms with E-state index in [0.29, 0.717) is 30.0 Å². The second-order valence-corrected chi connectivity index (χ2v) is 4.11. The van der Waals surface area contributed by atoms with Crippen LogP contribution in [0.1, 0.15) is 29.8 Å². The van der Waals surface area contributed by atoms with Crippen LogP contribution in [0.25, 0.3) is 6.08 Å². The smallest absolute Gasteiger partial charge is 0.328 e. The lowest BCUT2D eigenvalue weighted by atomic mass is 10.1. The van der Waals surface area contributed by atoms with Crippen LogP contribution in [0.15, 0.2) is 24.3 Å². The number of carbonyl (C=O) groups is 2. The molecule has 108 valence electrons. The minimum atomic E-state index is -1.05. The molecule has 0 heterocycles. The molecule has 0 aliphatic heterocycles. The maximum Gasteiger partial charge on any atom is 0.328 e. The minimum Gasteiger partial charge on any atom is -0.496 e. The molecule has 20 heavy (non-hydrogen) atoms. The van der Waals surface area contributed by atoms with Crippen molar-refractivity contribution < 1.29 is 19.4 Å². The van der Waals surface area contributed by atoms with Gasteiger partial charge in [-0.05, 0) is 38.1 Å². The first-order valence-electron chi connectivity index (χ1n) is 6.41. The summed E-state index contributed by atoms with van der Waals surface area (Å²) in [5.74, 6) is -0.603. The monoisotopic (exact) mass is 277 g/mol. The van der Waals surface area contributed by atoms with E-state index in [1.165, 1.54) is 13.2 Å². The fourth-order valence-corrected chi connectivity index (χ4v) is 1.85. The van der Waals surface area contributed by atoms with Gasteiger partial charge in [-0.3, -0.25) is 4.79 Å². The van der Waals surface area contributed by atoms with Crippen molar-refractivity contribution in [2.75, 3.05) is 20.2 Å². The highest BCUT2D eigenvalue weighted by molar-refractivity contribution is 5.95. The van der Waals surface area contributed by atoms with Crippen molar-refractivity contribution in [3.05, 3.63) is 35.4 Å². The number of hydrogen-bond acceptors (Lipinski definition) is 3. The standard InChI is InChI=1S/C15H19NO4/c1-4-16(5-2)15(19)12-6-8-13(20-3)11(10-12)7-9-14(17)18/h6-10H,4-5H2,1-3H3,(H,17,18). The van der Waals surface area contributed by atoms with Gasteiger partial charge < -0.3 is 14.7 Å². The average Bonchev–Trinajstić information content (AvgIpc) is 2.45. The molecule has 0 aliphatic rings. The van der Waals surface area contributed by atoms with Crippen LogP contribution in [0.3, 0.4) is 0 Å². The molecular formula is C15H19NO4. The molecule has 0 saturated carbocycles. The normalized spacial score (nSPS) is 10.6. The van der Waals surface area contributed by atoms with E-state index in [1.807, 2.05) is 13.8 Å². The van der Waals surface area contributed by atoms with Gasteiger partial charge in [-0.15, -0.1) is 0 Å². The van der Waals surface area contributed by atoms with Gasteiger partial charge in [0.1, 0.15) is 5.75 Å². The van der Waals surface area contributed by atoms with E-state index in [0.717, 1.165) is 6.08 Å². The van der Waals surface area contributed by atoms with Crippen molar-refractivity contribution >= 4 is 18.0 Å².